The monoisotopic (exact) mass is 302 g/mol. The third kappa shape index (κ3) is 14.1. The third-order valence-electron chi connectivity index (χ3n) is 3.72. The van der Waals surface area contributed by atoms with Crippen LogP contribution in [0.4, 0.5) is 0 Å². The van der Waals surface area contributed by atoms with Crippen molar-refractivity contribution in [3.8, 4) is 0 Å². The predicted octanol–water partition coefficient (Wildman–Crippen LogP) is 4.28. The largest absolute Gasteiger partial charge is 0.408 e. The van der Waals surface area contributed by atoms with Crippen molar-refractivity contribution in [2.75, 3.05) is 0 Å². The molecule has 0 aromatic carbocycles. The molecule has 0 fully saturated rings. The summed E-state index contributed by atoms with van der Waals surface area (Å²) in [5.74, 6) is -2.83. The summed E-state index contributed by atoms with van der Waals surface area (Å²) in [6.07, 6.45) is 13.7. The van der Waals surface area contributed by atoms with Crippen LogP contribution in [-0.2, 0) is 9.53 Å². The van der Waals surface area contributed by atoms with Crippen LogP contribution in [0, 0.1) is 0 Å². The summed E-state index contributed by atoms with van der Waals surface area (Å²) in [5, 5.41) is 18.4. The summed E-state index contributed by atoms with van der Waals surface area (Å²) in [5.41, 5.74) is 0. The SMILES string of the molecule is CCCCCCCCCCCCCC(=O)OC(O)(O)CC. The molecule has 2 N–H and O–H groups in total. The standard InChI is InChI=1S/C17H34O4/c1-3-5-6-7-8-9-10-11-12-13-14-15-16(18)21-17(19,20)4-2/h19-20H,3-15H2,1-2H3. The number of aliphatic hydroxyl groups is 2. The lowest BCUT2D eigenvalue weighted by molar-refractivity contribution is -0.319. The van der Waals surface area contributed by atoms with Gasteiger partial charge in [-0.2, -0.15) is 0 Å². The Morgan fingerprint density at radius 3 is 1.67 bits per heavy atom. The first-order chi connectivity index (χ1) is 10.0. The fourth-order valence-electron chi connectivity index (χ4n) is 2.24. The molecule has 0 bridgehead atoms. The van der Waals surface area contributed by atoms with Crippen LogP contribution in [0.25, 0.3) is 0 Å². The average Bonchev–Trinajstić information content (AvgIpc) is 2.44. The predicted molar refractivity (Wildman–Crippen MR) is 84.6 cm³/mol. The van der Waals surface area contributed by atoms with Gasteiger partial charge < -0.3 is 14.9 Å². The van der Waals surface area contributed by atoms with Gasteiger partial charge in [0.15, 0.2) is 0 Å². The number of hydrogen-bond acceptors (Lipinski definition) is 4. The van der Waals surface area contributed by atoms with Gasteiger partial charge in [-0.15, -0.1) is 0 Å². The van der Waals surface area contributed by atoms with Crippen LogP contribution in [0.15, 0.2) is 0 Å². The van der Waals surface area contributed by atoms with Gasteiger partial charge in [0.05, 0.1) is 0 Å². The van der Waals surface area contributed by atoms with Crippen molar-refractivity contribution in [2.45, 2.75) is 103 Å². The van der Waals surface area contributed by atoms with E-state index in [4.69, 9.17) is 0 Å². The lowest BCUT2D eigenvalue weighted by Gasteiger charge is -2.19. The topological polar surface area (TPSA) is 66.8 Å². The minimum absolute atomic E-state index is 0.0169. The van der Waals surface area contributed by atoms with Crippen molar-refractivity contribution in [1.29, 1.82) is 0 Å². The molecular weight excluding hydrogens is 268 g/mol. The smallest absolute Gasteiger partial charge is 0.323 e. The molecular formula is C17H34O4. The Balaban J connectivity index is 3.27. The first-order valence-electron chi connectivity index (χ1n) is 8.68. The van der Waals surface area contributed by atoms with Gasteiger partial charge in [0, 0.05) is 12.8 Å². The van der Waals surface area contributed by atoms with Gasteiger partial charge in [-0.25, -0.2) is 0 Å². The first kappa shape index (κ1) is 20.4. The third-order valence-corrected chi connectivity index (χ3v) is 3.72. The second-order valence-electron chi connectivity index (χ2n) is 5.86. The summed E-state index contributed by atoms with van der Waals surface area (Å²) in [7, 11) is 0. The van der Waals surface area contributed by atoms with Crippen LogP contribution in [0.2, 0.25) is 0 Å². The van der Waals surface area contributed by atoms with E-state index >= 15 is 0 Å². The van der Waals surface area contributed by atoms with Crippen LogP contribution in [0.1, 0.15) is 97.3 Å². The molecule has 21 heavy (non-hydrogen) atoms. The number of esters is 1. The molecule has 0 saturated carbocycles. The Labute approximate surface area is 129 Å². The molecule has 4 nitrogen and oxygen atoms in total. The number of carbonyl (C=O) groups is 1. The molecule has 0 saturated heterocycles. The van der Waals surface area contributed by atoms with Gasteiger partial charge in [-0.05, 0) is 6.42 Å². The van der Waals surface area contributed by atoms with E-state index in [0.717, 1.165) is 19.3 Å². The number of ether oxygens (including phenoxy) is 1. The zero-order chi connectivity index (χ0) is 16.0. The van der Waals surface area contributed by atoms with Gasteiger partial charge in [0.1, 0.15) is 0 Å². The van der Waals surface area contributed by atoms with Crippen LogP contribution in [0.3, 0.4) is 0 Å². The molecule has 0 spiro atoms. The maximum absolute atomic E-state index is 11.3. The van der Waals surface area contributed by atoms with Crippen LogP contribution in [-0.4, -0.2) is 22.2 Å². The van der Waals surface area contributed by atoms with E-state index in [1.807, 2.05) is 0 Å². The van der Waals surface area contributed by atoms with Crippen LogP contribution < -0.4 is 0 Å². The molecule has 0 aliphatic rings. The normalized spacial score (nSPS) is 11.6. The maximum atomic E-state index is 11.3. The van der Waals surface area contributed by atoms with Gasteiger partial charge in [0.2, 0.25) is 0 Å². The highest BCUT2D eigenvalue weighted by Gasteiger charge is 2.25. The van der Waals surface area contributed by atoms with E-state index in [1.165, 1.54) is 51.4 Å². The van der Waals surface area contributed by atoms with Gasteiger partial charge in [-0.3, -0.25) is 4.79 Å². The fraction of sp³-hybridized carbons (Fsp3) is 0.941. The minimum Gasteiger partial charge on any atom is -0.408 e. The Morgan fingerprint density at radius 1 is 0.810 bits per heavy atom. The van der Waals surface area contributed by atoms with E-state index in [0.29, 0.717) is 0 Å². The molecule has 0 aliphatic heterocycles. The quantitative estimate of drug-likeness (QED) is 0.285. The Bertz CT molecular complexity index is 251. The molecule has 0 unspecified atom stereocenters. The summed E-state index contributed by atoms with van der Waals surface area (Å²) in [6.45, 7) is 3.79. The van der Waals surface area contributed by atoms with Gasteiger partial charge >= 0.3 is 11.9 Å². The first-order valence-corrected chi connectivity index (χ1v) is 8.68. The second-order valence-corrected chi connectivity index (χ2v) is 5.86. The molecule has 0 aliphatic carbocycles. The molecule has 0 aromatic rings. The van der Waals surface area contributed by atoms with E-state index < -0.39 is 11.9 Å². The fourth-order valence-corrected chi connectivity index (χ4v) is 2.24. The van der Waals surface area contributed by atoms with E-state index in [-0.39, 0.29) is 12.8 Å². The lowest BCUT2D eigenvalue weighted by Crippen LogP contribution is -2.33. The van der Waals surface area contributed by atoms with Gasteiger partial charge in [-0.1, -0.05) is 78.1 Å². The van der Waals surface area contributed by atoms with Crippen LogP contribution in [0.5, 0.6) is 0 Å². The highest BCUT2D eigenvalue weighted by atomic mass is 16.8. The van der Waals surface area contributed by atoms with Crippen LogP contribution >= 0.6 is 0 Å². The molecule has 0 atom stereocenters. The molecule has 0 radical (unpaired) electrons. The lowest BCUT2D eigenvalue weighted by atomic mass is 10.1. The molecule has 0 aromatic heterocycles. The van der Waals surface area contributed by atoms with Crippen molar-refractivity contribution in [1.82, 2.24) is 0 Å². The zero-order valence-corrected chi connectivity index (χ0v) is 13.9. The van der Waals surface area contributed by atoms with Crippen molar-refractivity contribution >= 4 is 5.97 Å². The Hall–Kier alpha value is -0.610. The number of unbranched alkanes of at least 4 members (excludes halogenated alkanes) is 10. The summed E-state index contributed by atoms with van der Waals surface area (Å²) >= 11 is 0. The van der Waals surface area contributed by atoms with Gasteiger partial charge in [0.25, 0.3) is 0 Å². The molecule has 126 valence electrons. The highest BCUT2D eigenvalue weighted by Crippen LogP contribution is 2.13. The number of rotatable bonds is 14. The van der Waals surface area contributed by atoms with E-state index in [9.17, 15) is 15.0 Å². The summed E-state index contributed by atoms with van der Waals surface area (Å²) < 4.78 is 4.55. The van der Waals surface area contributed by atoms with E-state index in [2.05, 4.69) is 11.7 Å². The zero-order valence-electron chi connectivity index (χ0n) is 13.9. The molecule has 0 rings (SSSR count). The van der Waals surface area contributed by atoms with E-state index in [1.54, 1.807) is 6.92 Å². The average molecular weight is 302 g/mol. The van der Waals surface area contributed by atoms with Crippen molar-refractivity contribution in [2.24, 2.45) is 0 Å². The number of hydrogen-bond donors (Lipinski definition) is 2. The summed E-state index contributed by atoms with van der Waals surface area (Å²) in [4.78, 5) is 11.3. The summed E-state index contributed by atoms with van der Waals surface area (Å²) in [6, 6.07) is 0. The van der Waals surface area contributed by atoms with Crippen molar-refractivity contribution < 1.29 is 19.7 Å². The minimum atomic E-state index is -2.30. The van der Waals surface area contributed by atoms with Crippen molar-refractivity contribution in [3.05, 3.63) is 0 Å². The Kier molecular flexibility index (Phi) is 12.7. The molecule has 0 amide bonds. The highest BCUT2D eigenvalue weighted by molar-refractivity contribution is 5.69. The van der Waals surface area contributed by atoms with Crippen molar-refractivity contribution in [3.63, 3.8) is 0 Å². The maximum Gasteiger partial charge on any atom is 0.323 e. The molecule has 0 heterocycles. The molecule has 4 heteroatoms. The number of carbonyl (C=O) groups excluding carboxylic acids is 1. The second kappa shape index (κ2) is 13.1. The Morgan fingerprint density at radius 2 is 1.24 bits per heavy atom.